The van der Waals surface area contributed by atoms with Crippen molar-refractivity contribution in [2.45, 2.75) is 46.1 Å². The average Bonchev–Trinajstić information content (AvgIpc) is 3.31. The summed E-state index contributed by atoms with van der Waals surface area (Å²) in [5, 5.41) is 7.87. The van der Waals surface area contributed by atoms with Crippen LogP contribution >= 0.6 is 11.3 Å². The van der Waals surface area contributed by atoms with Crippen molar-refractivity contribution in [3.63, 3.8) is 0 Å². The Balaban J connectivity index is 1.69. The van der Waals surface area contributed by atoms with Crippen molar-refractivity contribution in [2.75, 3.05) is 5.32 Å². The lowest BCUT2D eigenvalue weighted by atomic mass is 9.97. The third-order valence-electron chi connectivity index (χ3n) is 4.38. The molecule has 1 fully saturated rings. The molecule has 0 radical (unpaired) electrons. The smallest absolute Gasteiger partial charge is 0.271 e. The van der Waals surface area contributed by atoms with E-state index in [1.54, 1.807) is 5.38 Å². The van der Waals surface area contributed by atoms with Gasteiger partial charge in [-0.2, -0.15) is 0 Å². The van der Waals surface area contributed by atoms with Gasteiger partial charge in [0.15, 0.2) is 5.13 Å². The second-order valence-corrected chi connectivity index (χ2v) is 8.21. The highest BCUT2D eigenvalue weighted by atomic mass is 32.1. The Morgan fingerprint density at radius 3 is 2.50 bits per heavy atom. The Labute approximate surface area is 158 Å². The minimum atomic E-state index is -0.194. The van der Waals surface area contributed by atoms with Crippen molar-refractivity contribution in [3.05, 3.63) is 46.5 Å². The van der Waals surface area contributed by atoms with Gasteiger partial charge in [0.2, 0.25) is 5.91 Å². The van der Waals surface area contributed by atoms with Gasteiger partial charge in [-0.05, 0) is 42.2 Å². The van der Waals surface area contributed by atoms with Gasteiger partial charge in [0.05, 0.1) is 6.04 Å². The maximum atomic E-state index is 12.6. The summed E-state index contributed by atoms with van der Waals surface area (Å²) in [6, 6.07) is 8.60. The van der Waals surface area contributed by atoms with E-state index in [9.17, 15) is 9.59 Å². The molecule has 1 aliphatic rings. The predicted molar refractivity (Wildman–Crippen MR) is 104 cm³/mol. The Hall–Kier alpha value is -2.21. The van der Waals surface area contributed by atoms with Gasteiger partial charge in [-0.25, -0.2) is 4.98 Å². The number of hydrogen-bond donors (Lipinski definition) is 2. The molecule has 26 heavy (non-hydrogen) atoms. The zero-order chi connectivity index (χ0) is 18.7. The van der Waals surface area contributed by atoms with Gasteiger partial charge in [0, 0.05) is 12.3 Å². The molecule has 2 aromatic rings. The molecular formula is C20H25N3O2S. The molecule has 1 heterocycles. The van der Waals surface area contributed by atoms with E-state index in [-0.39, 0.29) is 17.9 Å². The van der Waals surface area contributed by atoms with Crippen LogP contribution in [0, 0.1) is 11.8 Å². The first-order valence-electron chi connectivity index (χ1n) is 9.05. The number of hydrogen-bond acceptors (Lipinski definition) is 4. The van der Waals surface area contributed by atoms with E-state index in [4.69, 9.17) is 0 Å². The molecule has 1 unspecified atom stereocenters. The molecule has 1 aromatic heterocycles. The van der Waals surface area contributed by atoms with Crippen molar-refractivity contribution in [3.8, 4) is 0 Å². The largest absolute Gasteiger partial charge is 0.344 e. The lowest BCUT2D eigenvalue weighted by Crippen LogP contribution is -2.30. The van der Waals surface area contributed by atoms with Crippen molar-refractivity contribution >= 4 is 28.3 Å². The van der Waals surface area contributed by atoms with E-state index >= 15 is 0 Å². The number of thiazole rings is 1. The fraction of sp³-hybridized carbons (Fsp3) is 0.450. The van der Waals surface area contributed by atoms with E-state index in [2.05, 4.69) is 53.7 Å². The third-order valence-corrected chi connectivity index (χ3v) is 5.14. The highest BCUT2D eigenvalue weighted by Crippen LogP contribution is 2.41. The lowest BCUT2D eigenvalue weighted by molar-refractivity contribution is -0.114. The fourth-order valence-electron chi connectivity index (χ4n) is 3.04. The minimum absolute atomic E-state index is 0.0153. The molecule has 0 saturated heterocycles. The SMILES string of the molecule is CC(=O)Nc1nc(C(=O)NC(c2ccc(CC(C)C)cc2)C2CC2)cs1. The van der Waals surface area contributed by atoms with Gasteiger partial charge in [0.1, 0.15) is 5.69 Å². The van der Waals surface area contributed by atoms with Gasteiger partial charge in [-0.1, -0.05) is 38.1 Å². The van der Waals surface area contributed by atoms with Crippen LogP contribution in [0.4, 0.5) is 5.13 Å². The van der Waals surface area contributed by atoms with Crippen molar-refractivity contribution in [1.82, 2.24) is 10.3 Å². The first-order chi connectivity index (χ1) is 12.4. The predicted octanol–water partition coefficient (Wildman–Crippen LogP) is 4.18. The second-order valence-electron chi connectivity index (χ2n) is 7.35. The molecule has 0 spiro atoms. The van der Waals surface area contributed by atoms with Crippen molar-refractivity contribution in [1.29, 1.82) is 0 Å². The van der Waals surface area contributed by atoms with Gasteiger partial charge in [-0.3, -0.25) is 9.59 Å². The topological polar surface area (TPSA) is 71.1 Å². The standard InChI is InChI=1S/C20H25N3O2S/c1-12(2)10-14-4-6-15(7-5-14)18(16-8-9-16)23-19(25)17-11-26-20(22-17)21-13(3)24/h4-7,11-12,16,18H,8-10H2,1-3H3,(H,23,25)(H,21,22,24). The van der Waals surface area contributed by atoms with Crippen LogP contribution in [-0.2, 0) is 11.2 Å². The Kier molecular flexibility index (Phi) is 5.71. The molecule has 1 aromatic carbocycles. The van der Waals surface area contributed by atoms with Crippen molar-refractivity contribution < 1.29 is 9.59 Å². The highest BCUT2D eigenvalue weighted by molar-refractivity contribution is 7.14. The van der Waals surface area contributed by atoms with E-state index in [0.717, 1.165) is 24.8 Å². The Morgan fingerprint density at radius 2 is 1.92 bits per heavy atom. The quantitative estimate of drug-likeness (QED) is 0.767. The zero-order valence-electron chi connectivity index (χ0n) is 15.4. The number of nitrogens with zero attached hydrogens (tertiary/aromatic N) is 1. The number of benzene rings is 1. The maximum Gasteiger partial charge on any atom is 0.271 e. The van der Waals surface area contributed by atoms with Crippen LogP contribution in [0.15, 0.2) is 29.6 Å². The summed E-state index contributed by atoms with van der Waals surface area (Å²) in [5.74, 6) is 0.732. The maximum absolute atomic E-state index is 12.6. The van der Waals surface area contributed by atoms with E-state index in [0.29, 0.717) is 22.7 Å². The van der Waals surface area contributed by atoms with E-state index in [1.165, 1.54) is 23.8 Å². The number of carbonyl (C=O) groups excluding carboxylic acids is 2. The summed E-state index contributed by atoms with van der Waals surface area (Å²) in [6.07, 6.45) is 3.32. The molecule has 0 aliphatic heterocycles. The van der Waals surface area contributed by atoms with Crippen LogP contribution in [-0.4, -0.2) is 16.8 Å². The average molecular weight is 372 g/mol. The number of aromatic nitrogens is 1. The number of nitrogens with one attached hydrogen (secondary N) is 2. The summed E-state index contributed by atoms with van der Waals surface area (Å²) in [6.45, 7) is 5.85. The minimum Gasteiger partial charge on any atom is -0.344 e. The van der Waals surface area contributed by atoms with Crippen LogP contribution < -0.4 is 10.6 Å². The molecule has 138 valence electrons. The van der Waals surface area contributed by atoms with Crippen LogP contribution in [0.5, 0.6) is 0 Å². The molecule has 3 rings (SSSR count). The fourth-order valence-corrected chi connectivity index (χ4v) is 3.77. The molecule has 0 bridgehead atoms. The first kappa shape index (κ1) is 18.6. The van der Waals surface area contributed by atoms with Crippen LogP contribution in [0.1, 0.15) is 61.3 Å². The summed E-state index contributed by atoms with van der Waals surface area (Å²) in [4.78, 5) is 27.9. The molecule has 6 heteroatoms. The molecule has 1 atom stereocenters. The molecule has 5 nitrogen and oxygen atoms in total. The lowest BCUT2D eigenvalue weighted by Gasteiger charge is -2.19. The van der Waals surface area contributed by atoms with E-state index in [1.807, 2.05) is 0 Å². The van der Waals surface area contributed by atoms with Gasteiger partial charge >= 0.3 is 0 Å². The first-order valence-corrected chi connectivity index (χ1v) is 9.93. The monoisotopic (exact) mass is 371 g/mol. The summed E-state index contributed by atoms with van der Waals surface area (Å²) in [7, 11) is 0. The zero-order valence-corrected chi connectivity index (χ0v) is 16.2. The molecule has 1 aliphatic carbocycles. The van der Waals surface area contributed by atoms with Crippen LogP contribution in [0.3, 0.4) is 0 Å². The second kappa shape index (κ2) is 7.99. The van der Waals surface area contributed by atoms with Crippen molar-refractivity contribution in [2.24, 2.45) is 11.8 Å². The molecule has 2 N–H and O–H groups in total. The Morgan fingerprint density at radius 1 is 1.23 bits per heavy atom. The normalized spacial score (nSPS) is 14.9. The van der Waals surface area contributed by atoms with Gasteiger partial charge in [0.25, 0.3) is 5.91 Å². The summed E-state index contributed by atoms with van der Waals surface area (Å²) < 4.78 is 0. The highest BCUT2D eigenvalue weighted by Gasteiger charge is 2.34. The van der Waals surface area contributed by atoms with E-state index < -0.39 is 0 Å². The van der Waals surface area contributed by atoms with Gasteiger partial charge < -0.3 is 10.6 Å². The molecule has 2 amide bonds. The molecule has 1 saturated carbocycles. The summed E-state index contributed by atoms with van der Waals surface area (Å²) >= 11 is 1.26. The number of carbonyl (C=O) groups is 2. The van der Waals surface area contributed by atoms with Crippen LogP contribution in [0.2, 0.25) is 0 Å². The number of anilines is 1. The summed E-state index contributed by atoms with van der Waals surface area (Å²) in [5.41, 5.74) is 2.82. The third kappa shape index (κ3) is 4.91. The molecular weight excluding hydrogens is 346 g/mol. The Bertz CT molecular complexity index is 779. The number of amides is 2. The van der Waals surface area contributed by atoms with Crippen LogP contribution in [0.25, 0.3) is 0 Å². The number of rotatable bonds is 7. The van der Waals surface area contributed by atoms with Gasteiger partial charge in [-0.15, -0.1) is 11.3 Å².